The Labute approximate surface area is 265 Å². The molecule has 2 aliphatic heterocycles. The van der Waals surface area contributed by atoms with E-state index in [1.807, 2.05) is 24.6 Å². The van der Waals surface area contributed by atoms with E-state index in [2.05, 4.69) is 33.8 Å². The van der Waals surface area contributed by atoms with Crippen molar-refractivity contribution in [3.8, 4) is 6.07 Å². The Bertz CT molecular complexity index is 1730. The van der Waals surface area contributed by atoms with Gasteiger partial charge in [0.05, 0.1) is 43.2 Å². The van der Waals surface area contributed by atoms with Gasteiger partial charge >= 0.3 is 6.18 Å². The van der Waals surface area contributed by atoms with Crippen molar-refractivity contribution >= 4 is 17.5 Å². The van der Waals surface area contributed by atoms with Gasteiger partial charge in [0.2, 0.25) is 0 Å². The lowest BCUT2D eigenvalue weighted by Gasteiger charge is -2.59. The molecule has 7 rings (SSSR count). The number of hydrogen-bond donors (Lipinski definition) is 2. The molecule has 0 radical (unpaired) electrons. The third-order valence-electron chi connectivity index (χ3n) is 10.3. The lowest BCUT2D eigenvalue weighted by Crippen LogP contribution is -2.60. The minimum absolute atomic E-state index is 0.0133. The van der Waals surface area contributed by atoms with Crippen molar-refractivity contribution in [3.05, 3.63) is 64.2 Å². The predicted molar refractivity (Wildman–Crippen MR) is 163 cm³/mol. The smallest absolute Gasteiger partial charge is 0.380 e. The Balaban J connectivity index is 1.29. The van der Waals surface area contributed by atoms with Crippen molar-refractivity contribution in [2.75, 3.05) is 23.4 Å². The van der Waals surface area contributed by atoms with Crippen LogP contribution in [0.4, 0.5) is 24.8 Å². The van der Waals surface area contributed by atoms with Crippen LogP contribution in [0.1, 0.15) is 90.8 Å². The van der Waals surface area contributed by atoms with Crippen LogP contribution in [-0.4, -0.2) is 50.5 Å². The number of carbonyl (C=O) groups is 1. The molecule has 4 heterocycles. The maximum atomic E-state index is 14.5. The highest BCUT2D eigenvalue weighted by Gasteiger charge is 2.62. The number of fused-ring (bicyclic) bond motifs is 1. The summed E-state index contributed by atoms with van der Waals surface area (Å²) in [5, 5.41) is 24.6. The minimum Gasteiger partial charge on any atom is -0.380 e. The number of carbonyl (C=O) groups excluding carboxylic acids is 1. The molecule has 3 fully saturated rings. The minimum atomic E-state index is -4.63. The van der Waals surface area contributed by atoms with Crippen molar-refractivity contribution in [1.82, 2.24) is 25.1 Å². The normalized spacial score (nSPS) is 21.2. The summed E-state index contributed by atoms with van der Waals surface area (Å²) < 4.78 is 50.8. The van der Waals surface area contributed by atoms with Crippen LogP contribution in [0.5, 0.6) is 0 Å². The van der Waals surface area contributed by atoms with Gasteiger partial charge in [0.15, 0.2) is 0 Å². The Morgan fingerprint density at radius 3 is 2.52 bits per heavy atom. The van der Waals surface area contributed by atoms with Gasteiger partial charge in [-0.2, -0.15) is 18.4 Å². The molecule has 242 valence electrons. The van der Waals surface area contributed by atoms with Crippen LogP contribution in [0.2, 0.25) is 0 Å². The van der Waals surface area contributed by atoms with Gasteiger partial charge in [-0.05, 0) is 86.9 Å². The number of halogens is 3. The lowest BCUT2D eigenvalue weighted by molar-refractivity contribution is -0.182. The van der Waals surface area contributed by atoms with Crippen LogP contribution < -0.4 is 15.5 Å². The van der Waals surface area contributed by atoms with E-state index in [1.165, 1.54) is 11.0 Å². The van der Waals surface area contributed by atoms with E-state index in [0.29, 0.717) is 24.6 Å². The van der Waals surface area contributed by atoms with E-state index in [0.717, 1.165) is 43.5 Å². The number of amides is 1. The zero-order valence-corrected chi connectivity index (χ0v) is 26.2. The molecular formula is C33H37F3N8O2. The first kappa shape index (κ1) is 30.6. The number of aryl methyl sites for hydroxylation is 1. The summed E-state index contributed by atoms with van der Waals surface area (Å²) in [4.78, 5) is 20.1. The number of alkyl halides is 3. The van der Waals surface area contributed by atoms with Crippen molar-refractivity contribution in [2.24, 2.45) is 12.5 Å². The average Bonchev–Trinajstić information content (AvgIpc) is 3.52. The predicted octanol–water partition coefficient (Wildman–Crippen LogP) is 5.23. The van der Waals surface area contributed by atoms with E-state index in [-0.39, 0.29) is 53.5 Å². The van der Waals surface area contributed by atoms with E-state index in [4.69, 9.17) is 9.72 Å². The molecule has 1 spiro atoms. The van der Waals surface area contributed by atoms with Crippen LogP contribution in [0.25, 0.3) is 0 Å². The van der Waals surface area contributed by atoms with E-state index < -0.39 is 23.1 Å². The zero-order chi connectivity index (χ0) is 32.5. The van der Waals surface area contributed by atoms with Crippen molar-refractivity contribution < 1.29 is 22.7 Å². The molecule has 1 amide bonds. The fourth-order valence-corrected chi connectivity index (χ4v) is 7.68. The highest BCUT2D eigenvalue weighted by molar-refractivity contribution is 6.10. The summed E-state index contributed by atoms with van der Waals surface area (Å²) in [6.45, 7) is 5.19. The van der Waals surface area contributed by atoms with Crippen molar-refractivity contribution in [1.29, 1.82) is 5.26 Å². The van der Waals surface area contributed by atoms with Gasteiger partial charge in [-0.15, -0.1) is 10.2 Å². The first-order chi connectivity index (χ1) is 21.8. The zero-order valence-electron chi connectivity index (χ0n) is 26.2. The van der Waals surface area contributed by atoms with Gasteiger partial charge in [-0.1, -0.05) is 0 Å². The molecule has 2 saturated carbocycles. The molecule has 4 aliphatic rings. The molecule has 13 heteroatoms. The first-order valence-corrected chi connectivity index (χ1v) is 15.7. The average molecular weight is 635 g/mol. The Morgan fingerprint density at radius 2 is 1.93 bits per heavy atom. The number of nitriles is 1. The van der Waals surface area contributed by atoms with Crippen LogP contribution in [0, 0.1) is 16.7 Å². The second-order valence-electron chi connectivity index (χ2n) is 14.0. The largest absolute Gasteiger partial charge is 0.416 e. The van der Waals surface area contributed by atoms with E-state index in [1.54, 1.807) is 18.5 Å². The second-order valence-corrected chi connectivity index (χ2v) is 14.0. The summed E-state index contributed by atoms with van der Waals surface area (Å²) in [5.41, 5.74) is -0.202. The Hall–Kier alpha value is -4.02. The molecular weight excluding hydrogens is 597 g/mol. The molecule has 46 heavy (non-hydrogen) atoms. The highest BCUT2D eigenvalue weighted by Crippen LogP contribution is 2.62. The second kappa shape index (κ2) is 10.8. The Morgan fingerprint density at radius 1 is 1.17 bits per heavy atom. The van der Waals surface area contributed by atoms with Gasteiger partial charge in [0, 0.05) is 36.2 Å². The van der Waals surface area contributed by atoms with Crippen molar-refractivity contribution in [3.63, 3.8) is 0 Å². The van der Waals surface area contributed by atoms with E-state index >= 15 is 0 Å². The maximum Gasteiger partial charge on any atom is 0.416 e. The fraction of sp³-hybridized carbons (Fsp3) is 0.545. The summed E-state index contributed by atoms with van der Waals surface area (Å²) in [6, 6.07) is 8.36. The Kier molecular flexibility index (Phi) is 7.17. The number of hydrogen-bond acceptors (Lipinski definition) is 8. The monoisotopic (exact) mass is 634 g/mol. The number of anilines is 2. The number of rotatable bonds is 9. The summed E-state index contributed by atoms with van der Waals surface area (Å²) >= 11 is 0. The number of benzene rings is 1. The maximum absolute atomic E-state index is 14.5. The fourth-order valence-electron chi connectivity index (χ4n) is 7.68. The molecule has 1 atom stereocenters. The summed E-state index contributed by atoms with van der Waals surface area (Å²) in [7, 11) is 1.88. The topological polar surface area (TPSA) is 121 Å². The van der Waals surface area contributed by atoms with Crippen LogP contribution >= 0.6 is 0 Å². The molecule has 2 aromatic heterocycles. The number of nitrogens with one attached hydrogen (secondary N) is 2. The van der Waals surface area contributed by atoms with Gasteiger partial charge in [-0.25, -0.2) is 4.98 Å². The lowest BCUT2D eigenvalue weighted by atomic mass is 9.49. The van der Waals surface area contributed by atoms with Crippen LogP contribution in [-0.2, 0) is 36.5 Å². The number of ether oxygens (including phenoxy) is 1. The standard InChI is InChI=1S/C33H37F3N8O2/c1-20(5-8-37)40-26-11-22(32(29-42-39-19-43(29)3)15-31(16-32)17-46-18-31)12-27(41-26)44-14-24-23(28(44)45)9-21(10-25(24)33(34,35)36)13-38-30(2)6-4-7-30/h9-12,19-20,38H,4-7,13-18H2,1-3H3,(H,40,41)/t20-/m0/s1. The van der Waals surface area contributed by atoms with Gasteiger partial charge < -0.3 is 19.9 Å². The number of pyridine rings is 1. The molecule has 2 aliphatic carbocycles. The summed E-state index contributed by atoms with van der Waals surface area (Å²) in [5.74, 6) is 0.905. The van der Waals surface area contributed by atoms with Gasteiger partial charge in [0.25, 0.3) is 5.91 Å². The molecule has 0 unspecified atom stereocenters. The summed E-state index contributed by atoms with van der Waals surface area (Å²) in [6.07, 6.45) is 1.72. The molecule has 2 N–H and O–H groups in total. The van der Waals surface area contributed by atoms with E-state index in [9.17, 15) is 23.2 Å². The SMILES string of the molecule is C[C@@H](CC#N)Nc1cc(C2(c3nncn3C)CC3(COC3)C2)cc(N2Cc3c(cc(CNC4(C)CCC4)cc3C(F)(F)F)C2=O)n1. The molecule has 10 nitrogen and oxygen atoms in total. The molecule has 1 aromatic carbocycles. The molecule has 0 bridgehead atoms. The van der Waals surface area contributed by atoms with Crippen LogP contribution in [0.15, 0.2) is 30.6 Å². The molecule has 1 saturated heterocycles. The number of nitrogens with zero attached hydrogens (tertiary/aromatic N) is 6. The van der Waals surface area contributed by atoms with Gasteiger partial charge in [-0.3, -0.25) is 9.69 Å². The van der Waals surface area contributed by atoms with Crippen molar-refractivity contribution in [2.45, 2.75) is 88.6 Å². The third-order valence-corrected chi connectivity index (χ3v) is 10.3. The third kappa shape index (κ3) is 5.11. The quantitative estimate of drug-likeness (QED) is 0.328. The highest BCUT2D eigenvalue weighted by atomic mass is 19.4. The first-order valence-electron chi connectivity index (χ1n) is 15.7. The van der Waals surface area contributed by atoms with Gasteiger partial charge in [0.1, 0.15) is 23.8 Å². The number of aromatic nitrogens is 4. The van der Waals surface area contributed by atoms with Crippen LogP contribution in [0.3, 0.4) is 0 Å². The molecule has 3 aromatic rings.